The second-order valence-corrected chi connectivity index (χ2v) is 20.7. The number of carbonyl (C=O) groups excluding carboxylic acids is 2. The molecule has 1 fully saturated rings. The molecule has 0 aliphatic carbocycles. The van der Waals surface area contributed by atoms with Crippen LogP contribution in [-0.2, 0) is 26.5 Å². The molecule has 12 heteroatoms. The average molecular weight is 795 g/mol. The topological polar surface area (TPSA) is 122 Å². The molecule has 58 heavy (non-hydrogen) atoms. The second kappa shape index (κ2) is 15.9. The SMILES string of the molecule is C=CCN1C(=O)[C@]2(O[C@H](CCn3cc(C(CO)c4ccccc4)nn3)[C@@H]([Si](C)(C)c3ccc(OC)cc3)[C@@H]2C)c2cc(N3N=C(c4ccccc4)CCC3=O)ccc21. The molecule has 0 saturated carbocycles. The summed E-state index contributed by atoms with van der Waals surface area (Å²) in [6, 6.07) is 33.8. The van der Waals surface area contributed by atoms with E-state index in [0.29, 0.717) is 43.7 Å². The van der Waals surface area contributed by atoms with Gasteiger partial charge in [-0.05, 0) is 53.4 Å². The fourth-order valence-corrected chi connectivity index (χ4v) is 13.6. The van der Waals surface area contributed by atoms with E-state index >= 15 is 4.79 Å². The van der Waals surface area contributed by atoms with Gasteiger partial charge in [0, 0.05) is 43.6 Å². The second-order valence-electron chi connectivity index (χ2n) is 16.0. The lowest BCUT2D eigenvalue weighted by Crippen LogP contribution is -2.52. The van der Waals surface area contributed by atoms with Crippen molar-refractivity contribution < 1.29 is 24.2 Å². The first kappa shape index (κ1) is 39.1. The summed E-state index contributed by atoms with van der Waals surface area (Å²) in [4.78, 5) is 30.4. The van der Waals surface area contributed by atoms with E-state index < -0.39 is 13.7 Å². The van der Waals surface area contributed by atoms with E-state index in [1.54, 1.807) is 18.1 Å². The minimum absolute atomic E-state index is 0.0122. The predicted molar refractivity (Wildman–Crippen MR) is 228 cm³/mol. The quantitative estimate of drug-likeness (QED) is 0.103. The Hall–Kier alpha value is -5.69. The maximum atomic E-state index is 15.1. The number of fused-ring (bicyclic) bond motifs is 2. The zero-order valence-corrected chi connectivity index (χ0v) is 34.5. The van der Waals surface area contributed by atoms with Gasteiger partial charge in [-0.25, -0.2) is 5.01 Å². The normalized spacial score (nSPS) is 22.3. The van der Waals surface area contributed by atoms with Crippen molar-refractivity contribution in [3.8, 4) is 5.75 Å². The van der Waals surface area contributed by atoms with Gasteiger partial charge in [-0.2, -0.15) is 5.10 Å². The highest BCUT2D eigenvalue weighted by Gasteiger charge is 2.66. The molecule has 4 aromatic carbocycles. The minimum Gasteiger partial charge on any atom is -0.497 e. The summed E-state index contributed by atoms with van der Waals surface area (Å²) in [5.74, 6) is 0.00455. The van der Waals surface area contributed by atoms with Crippen molar-refractivity contribution >= 4 is 42.2 Å². The number of hydrogen-bond donors (Lipinski definition) is 1. The third kappa shape index (κ3) is 6.78. The summed E-state index contributed by atoms with van der Waals surface area (Å²) in [7, 11) is -0.767. The van der Waals surface area contributed by atoms with Crippen molar-refractivity contribution in [1.82, 2.24) is 15.0 Å². The molecule has 2 amide bonds. The molecule has 5 atom stereocenters. The molecule has 4 heterocycles. The van der Waals surface area contributed by atoms with Crippen molar-refractivity contribution in [3.05, 3.63) is 144 Å². The zero-order valence-electron chi connectivity index (χ0n) is 33.5. The van der Waals surface area contributed by atoms with Crippen LogP contribution in [0.1, 0.15) is 54.5 Å². The predicted octanol–water partition coefficient (Wildman–Crippen LogP) is 6.78. The van der Waals surface area contributed by atoms with Crippen LogP contribution >= 0.6 is 0 Å². The minimum atomic E-state index is -2.43. The first-order valence-electron chi connectivity index (χ1n) is 20.0. The van der Waals surface area contributed by atoms with Gasteiger partial charge >= 0.3 is 0 Å². The molecule has 0 radical (unpaired) electrons. The van der Waals surface area contributed by atoms with Crippen LogP contribution in [0.15, 0.2) is 127 Å². The van der Waals surface area contributed by atoms with E-state index in [-0.39, 0.29) is 41.9 Å². The van der Waals surface area contributed by atoms with E-state index in [4.69, 9.17) is 14.6 Å². The van der Waals surface area contributed by atoms with Crippen molar-refractivity contribution in [2.45, 2.75) is 69.0 Å². The van der Waals surface area contributed by atoms with Crippen LogP contribution in [0.25, 0.3) is 0 Å². The van der Waals surface area contributed by atoms with Crippen molar-refractivity contribution in [3.63, 3.8) is 0 Å². The number of rotatable bonds is 13. The third-order valence-electron chi connectivity index (χ3n) is 12.5. The van der Waals surface area contributed by atoms with Gasteiger partial charge in [0.1, 0.15) is 5.75 Å². The molecule has 0 bridgehead atoms. The largest absolute Gasteiger partial charge is 0.497 e. The van der Waals surface area contributed by atoms with E-state index in [2.05, 4.69) is 49.0 Å². The van der Waals surface area contributed by atoms with Gasteiger partial charge in [0.15, 0.2) is 5.60 Å². The number of aliphatic hydroxyl groups excluding tert-OH is 1. The van der Waals surface area contributed by atoms with Gasteiger partial charge in [-0.15, -0.1) is 11.7 Å². The lowest BCUT2D eigenvalue weighted by molar-refractivity contribution is -0.145. The fourth-order valence-electron chi connectivity index (χ4n) is 9.50. The number of amides is 2. The zero-order chi connectivity index (χ0) is 40.6. The Morgan fingerprint density at radius 1 is 1.00 bits per heavy atom. The highest BCUT2D eigenvalue weighted by atomic mass is 28.3. The molecular formula is C46H50N6O5Si. The van der Waals surface area contributed by atoms with Crippen LogP contribution in [0.5, 0.6) is 5.75 Å². The number of carbonyl (C=O) groups is 2. The Balaban J connectivity index is 1.19. The number of methoxy groups -OCH3 is 1. The molecule has 3 aliphatic rings. The lowest BCUT2D eigenvalue weighted by Gasteiger charge is -2.37. The smallest absolute Gasteiger partial charge is 0.264 e. The standard InChI is InChI=1S/C46H50N6O5Si/c1-6-26-51-41-23-17-34(52-43(54)24-22-39(48-52)33-15-11-8-12-16-33)28-38(41)46(45(51)55)31(2)44(58(4,5)36-20-18-35(56-3)19-21-36)42(57-46)25-27-50-29-40(47-49-50)37(30-53)32-13-9-7-10-14-32/h6-21,23,28-29,31,37,42,44,53H,1,22,24-27,30H2,2-5H3/t31-,37?,42+,44-,46+/m0/s1. The molecule has 11 nitrogen and oxygen atoms in total. The van der Waals surface area contributed by atoms with Gasteiger partial charge in [0.05, 0.1) is 56.6 Å². The number of nitrogens with zero attached hydrogens (tertiary/aromatic N) is 6. The Bertz CT molecular complexity index is 2330. The van der Waals surface area contributed by atoms with Gasteiger partial charge in [0.25, 0.3) is 5.91 Å². The Morgan fingerprint density at radius 2 is 1.72 bits per heavy atom. The summed E-state index contributed by atoms with van der Waals surface area (Å²) in [6.45, 7) is 11.6. The van der Waals surface area contributed by atoms with E-state index in [1.165, 1.54) is 10.2 Å². The van der Waals surface area contributed by atoms with Crippen molar-refractivity contribution in [2.24, 2.45) is 11.0 Å². The number of hydrazone groups is 1. The van der Waals surface area contributed by atoms with Gasteiger partial charge in [0.2, 0.25) is 5.91 Å². The molecule has 1 unspecified atom stereocenters. The molecule has 1 spiro atoms. The van der Waals surface area contributed by atoms with Crippen LogP contribution in [0.2, 0.25) is 18.6 Å². The summed E-state index contributed by atoms with van der Waals surface area (Å²) in [5.41, 5.74) is 4.21. The maximum absolute atomic E-state index is 15.1. The fraction of sp³-hybridized carbons (Fsp3) is 0.326. The molecule has 8 rings (SSSR count). The van der Waals surface area contributed by atoms with Crippen molar-refractivity contribution in [2.75, 3.05) is 30.2 Å². The number of aliphatic hydroxyl groups is 1. The Labute approximate surface area is 340 Å². The molecule has 1 saturated heterocycles. The molecule has 1 N–H and O–H groups in total. The Morgan fingerprint density at radius 3 is 2.41 bits per heavy atom. The molecular weight excluding hydrogens is 745 g/mol. The Kier molecular flexibility index (Phi) is 10.7. The molecule has 1 aromatic heterocycles. The summed E-state index contributed by atoms with van der Waals surface area (Å²) in [5, 5.41) is 26.9. The lowest BCUT2D eigenvalue weighted by atomic mass is 9.82. The van der Waals surface area contributed by atoms with Crippen LogP contribution in [0.3, 0.4) is 0 Å². The maximum Gasteiger partial charge on any atom is 0.264 e. The number of benzene rings is 4. The molecule has 3 aliphatic heterocycles. The van der Waals surface area contributed by atoms with Crippen LogP contribution < -0.4 is 19.8 Å². The van der Waals surface area contributed by atoms with E-state index in [1.807, 2.05) is 102 Å². The van der Waals surface area contributed by atoms with Gasteiger partial charge < -0.3 is 19.5 Å². The summed E-state index contributed by atoms with van der Waals surface area (Å²) in [6.07, 6.45) is 4.75. The first-order chi connectivity index (χ1) is 28.1. The van der Waals surface area contributed by atoms with Crippen molar-refractivity contribution in [1.29, 1.82) is 0 Å². The third-order valence-corrected chi connectivity index (χ3v) is 16.8. The highest BCUT2D eigenvalue weighted by molar-refractivity contribution is 6.91. The van der Waals surface area contributed by atoms with Gasteiger partial charge in [-0.1, -0.05) is 109 Å². The van der Waals surface area contributed by atoms with Gasteiger partial charge in [-0.3, -0.25) is 14.3 Å². The monoisotopic (exact) mass is 794 g/mol. The van der Waals surface area contributed by atoms with Crippen LogP contribution in [0.4, 0.5) is 11.4 Å². The molecule has 298 valence electrons. The number of aromatic nitrogens is 3. The first-order valence-corrected chi connectivity index (χ1v) is 23.1. The number of ether oxygens (including phenoxy) is 2. The number of hydrogen-bond acceptors (Lipinski definition) is 8. The average Bonchev–Trinajstić information content (AvgIpc) is 3.91. The molecule has 5 aromatic rings. The van der Waals surface area contributed by atoms with Crippen LogP contribution in [-0.4, -0.2) is 72.1 Å². The van der Waals surface area contributed by atoms with E-state index in [9.17, 15) is 9.90 Å². The number of aryl methyl sites for hydroxylation is 1. The summed E-state index contributed by atoms with van der Waals surface area (Å²) < 4.78 is 14.7. The number of anilines is 2. The highest BCUT2D eigenvalue weighted by Crippen LogP contribution is 2.60. The summed E-state index contributed by atoms with van der Waals surface area (Å²) >= 11 is 0. The van der Waals surface area contributed by atoms with E-state index in [0.717, 1.165) is 33.8 Å². The van der Waals surface area contributed by atoms with Crippen LogP contribution in [0, 0.1) is 5.92 Å².